The van der Waals surface area contributed by atoms with Crippen LogP contribution in [-0.4, -0.2) is 32.4 Å². The van der Waals surface area contributed by atoms with E-state index in [1.165, 1.54) is 6.20 Å². The second-order valence-corrected chi connectivity index (χ2v) is 12.6. The van der Waals surface area contributed by atoms with Gasteiger partial charge in [-0.3, -0.25) is 4.79 Å². The van der Waals surface area contributed by atoms with Gasteiger partial charge in [-0.25, -0.2) is 0 Å². The number of hydrogen-bond acceptors (Lipinski definition) is 7. The first kappa shape index (κ1) is 30.5. The van der Waals surface area contributed by atoms with Crippen molar-refractivity contribution >= 4 is 5.97 Å². The average Bonchev–Trinajstić information content (AvgIpc) is 3.63. The standard InChI is InChI=1S/C37H39NO7/c1-37(2,3)45-36(39)34-32(25-11-10-24-16-18-44-31(24)20-25)30-7-6-17-38(40)35(30)33(34)29-15-14-28(42-5)19-26(29)22-43-21-23-8-12-27(41-4)13-9-23/h6-15,17,19-20,32-34H,16,18,21-22H2,1-5H3/t32-,33-,34+/m0/s1. The maximum absolute atomic E-state index is 14.3. The Morgan fingerprint density at radius 2 is 1.67 bits per heavy atom. The number of ether oxygens (including phenoxy) is 5. The quantitative estimate of drug-likeness (QED) is 0.126. The number of nitrogens with zero attached hydrogens (tertiary/aromatic N) is 1. The lowest BCUT2D eigenvalue weighted by atomic mass is 9.78. The van der Waals surface area contributed by atoms with E-state index >= 15 is 0 Å². The van der Waals surface area contributed by atoms with Gasteiger partial charge in [0.1, 0.15) is 22.8 Å². The first-order valence-electron chi connectivity index (χ1n) is 15.2. The van der Waals surface area contributed by atoms with Gasteiger partial charge in [-0.2, -0.15) is 4.73 Å². The molecule has 0 bridgehead atoms. The van der Waals surface area contributed by atoms with Gasteiger partial charge in [0.2, 0.25) is 5.69 Å². The zero-order chi connectivity index (χ0) is 31.7. The molecule has 0 amide bonds. The van der Waals surface area contributed by atoms with Crippen molar-refractivity contribution in [1.29, 1.82) is 0 Å². The molecule has 1 aliphatic carbocycles. The summed E-state index contributed by atoms with van der Waals surface area (Å²) in [7, 11) is 3.25. The number of hydrogen-bond donors (Lipinski definition) is 0. The third-order valence-corrected chi connectivity index (χ3v) is 8.51. The minimum atomic E-state index is -0.723. The topological polar surface area (TPSA) is 90.2 Å². The van der Waals surface area contributed by atoms with Crippen LogP contribution in [0.4, 0.5) is 0 Å². The number of aromatic nitrogens is 1. The first-order chi connectivity index (χ1) is 21.7. The van der Waals surface area contributed by atoms with Crippen LogP contribution in [0.15, 0.2) is 79.0 Å². The summed E-state index contributed by atoms with van der Waals surface area (Å²) >= 11 is 0. The Hall–Kier alpha value is -4.56. The Bertz CT molecular complexity index is 1690. The highest BCUT2D eigenvalue weighted by Gasteiger charge is 2.53. The molecule has 0 fully saturated rings. The van der Waals surface area contributed by atoms with E-state index in [2.05, 4.69) is 12.1 Å². The average molecular weight is 610 g/mol. The Balaban J connectivity index is 1.44. The summed E-state index contributed by atoms with van der Waals surface area (Å²) in [6.45, 7) is 6.83. The van der Waals surface area contributed by atoms with Crippen molar-refractivity contribution in [1.82, 2.24) is 0 Å². The molecule has 234 valence electrons. The van der Waals surface area contributed by atoms with Crippen molar-refractivity contribution in [3.63, 3.8) is 0 Å². The Kier molecular flexibility index (Phi) is 8.42. The van der Waals surface area contributed by atoms with E-state index in [1.54, 1.807) is 20.3 Å². The van der Waals surface area contributed by atoms with E-state index < -0.39 is 23.4 Å². The number of esters is 1. The number of methoxy groups -OCH3 is 2. The fraction of sp³-hybridized carbons (Fsp3) is 0.351. The SMILES string of the molecule is COc1ccc(COCc2cc(OC)ccc2[C@@H]2c3c(ccc[n+]3[O-])[C@H](c3ccc4c(c3)OCC4)[C@H]2C(=O)OC(C)(C)C)cc1. The number of carbonyl (C=O) groups is 1. The van der Waals surface area contributed by atoms with Crippen LogP contribution in [0.1, 0.15) is 71.7 Å². The molecule has 0 spiro atoms. The molecular formula is C37H39NO7. The molecule has 3 aromatic carbocycles. The van der Waals surface area contributed by atoms with Gasteiger partial charge in [0.05, 0.1) is 45.9 Å². The smallest absolute Gasteiger partial charge is 0.311 e. The number of benzene rings is 3. The van der Waals surface area contributed by atoms with Crippen LogP contribution in [0.5, 0.6) is 17.2 Å². The molecule has 45 heavy (non-hydrogen) atoms. The summed E-state index contributed by atoms with van der Waals surface area (Å²) in [4.78, 5) is 14.3. The molecule has 3 atom stereocenters. The van der Waals surface area contributed by atoms with Gasteiger partial charge in [0, 0.05) is 24.0 Å². The zero-order valence-electron chi connectivity index (χ0n) is 26.4. The lowest BCUT2D eigenvalue weighted by Gasteiger charge is -2.29. The summed E-state index contributed by atoms with van der Waals surface area (Å²) in [6, 6.07) is 23.3. The van der Waals surface area contributed by atoms with Gasteiger partial charge in [-0.05, 0) is 85.0 Å². The summed E-state index contributed by atoms with van der Waals surface area (Å²) in [6.07, 6.45) is 2.34. The number of rotatable bonds is 9. The van der Waals surface area contributed by atoms with Crippen LogP contribution < -0.4 is 18.9 Å². The third kappa shape index (κ3) is 6.20. The van der Waals surface area contributed by atoms with Crippen LogP contribution in [0.3, 0.4) is 0 Å². The second-order valence-electron chi connectivity index (χ2n) is 12.6. The fourth-order valence-electron chi connectivity index (χ4n) is 6.54. The number of fused-ring (bicyclic) bond motifs is 2. The van der Waals surface area contributed by atoms with E-state index in [9.17, 15) is 10.0 Å². The fourth-order valence-corrected chi connectivity index (χ4v) is 6.54. The maximum atomic E-state index is 14.3. The molecular weight excluding hydrogens is 570 g/mol. The van der Waals surface area contributed by atoms with Crippen LogP contribution in [0, 0.1) is 11.1 Å². The van der Waals surface area contributed by atoms with Gasteiger partial charge in [0.15, 0.2) is 6.20 Å². The van der Waals surface area contributed by atoms with E-state index in [1.807, 2.05) is 75.4 Å². The minimum absolute atomic E-state index is 0.245. The molecule has 1 aliphatic heterocycles. The monoisotopic (exact) mass is 609 g/mol. The lowest BCUT2D eigenvalue weighted by Crippen LogP contribution is -2.36. The Labute approximate surface area is 264 Å². The van der Waals surface area contributed by atoms with Crippen molar-refractivity contribution in [2.75, 3.05) is 20.8 Å². The summed E-state index contributed by atoms with van der Waals surface area (Å²) in [5.41, 5.74) is 5.29. The van der Waals surface area contributed by atoms with E-state index in [0.717, 1.165) is 56.0 Å². The molecule has 0 unspecified atom stereocenters. The van der Waals surface area contributed by atoms with Crippen LogP contribution in [0.2, 0.25) is 0 Å². The van der Waals surface area contributed by atoms with Gasteiger partial charge in [0.25, 0.3) is 0 Å². The third-order valence-electron chi connectivity index (χ3n) is 8.51. The number of carbonyl (C=O) groups excluding carboxylic acids is 1. The molecule has 2 aliphatic rings. The highest BCUT2D eigenvalue weighted by atomic mass is 16.6. The van der Waals surface area contributed by atoms with Gasteiger partial charge < -0.3 is 28.9 Å². The summed E-state index contributed by atoms with van der Waals surface area (Å²) in [5, 5.41) is 13.7. The molecule has 8 heteroatoms. The predicted molar refractivity (Wildman–Crippen MR) is 169 cm³/mol. The highest BCUT2D eigenvalue weighted by Crippen LogP contribution is 2.53. The van der Waals surface area contributed by atoms with Gasteiger partial charge in [-0.1, -0.05) is 30.3 Å². The zero-order valence-corrected chi connectivity index (χ0v) is 26.4. The number of pyridine rings is 1. The largest absolute Gasteiger partial charge is 0.618 e. The highest BCUT2D eigenvalue weighted by molar-refractivity contribution is 5.79. The van der Waals surface area contributed by atoms with Crippen LogP contribution in [0.25, 0.3) is 0 Å². The first-order valence-corrected chi connectivity index (χ1v) is 15.2. The van der Waals surface area contributed by atoms with Crippen molar-refractivity contribution in [2.45, 2.75) is 57.8 Å². The van der Waals surface area contributed by atoms with Crippen molar-refractivity contribution < 1.29 is 33.2 Å². The molecule has 2 heterocycles. The lowest BCUT2D eigenvalue weighted by molar-refractivity contribution is -0.614. The normalized spacial score (nSPS) is 18.6. The summed E-state index contributed by atoms with van der Waals surface area (Å²) in [5.74, 6) is 0.153. The van der Waals surface area contributed by atoms with Crippen molar-refractivity contribution in [3.8, 4) is 17.2 Å². The Morgan fingerprint density at radius 1 is 0.911 bits per heavy atom. The molecule has 0 radical (unpaired) electrons. The maximum Gasteiger partial charge on any atom is 0.311 e. The van der Waals surface area contributed by atoms with Gasteiger partial charge in [-0.15, -0.1) is 0 Å². The second kappa shape index (κ2) is 12.4. The molecule has 6 rings (SSSR count). The Morgan fingerprint density at radius 3 is 2.40 bits per heavy atom. The molecule has 4 aromatic rings. The molecule has 1 aromatic heterocycles. The molecule has 0 N–H and O–H groups in total. The van der Waals surface area contributed by atoms with Crippen LogP contribution >= 0.6 is 0 Å². The minimum Gasteiger partial charge on any atom is -0.618 e. The van der Waals surface area contributed by atoms with E-state index in [4.69, 9.17) is 23.7 Å². The van der Waals surface area contributed by atoms with Crippen molar-refractivity contribution in [2.24, 2.45) is 5.92 Å². The van der Waals surface area contributed by atoms with E-state index in [-0.39, 0.29) is 12.6 Å². The summed E-state index contributed by atoms with van der Waals surface area (Å²) < 4.78 is 30.0. The predicted octanol–water partition coefficient (Wildman–Crippen LogP) is 6.22. The van der Waals surface area contributed by atoms with Crippen molar-refractivity contribution in [3.05, 3.63) is 123 Å². The molecule has 0 saturated carbocycles. The molecule has 8 nitrogen and oxygen atoms in total. The van der Waals surface area contributed by atoms with Gasteiger partial charge >= 0.3 is 5.97 Å². The van der Waals surface area contributed by atoms with Crippen LogP contribution in [-0.2, 0) is 33.9 Å². The van der Waals surface area contributed by atoms with E-state index in [0.29, 0.717) is 24.7 Å². The molecule has 0 saturated heterocycles.